The van der Waals surface area contributed by atoms with Crippen molar-refractivity contribution in [3.05, 3.63) is 27.5 Å². The fourth-order valence-electron chi connectivity index (χ4n) is 1.20. The molecule has 0 atom stereocenters. The van der Waals surface area contributed by atoms with Crippen molar-refractivity contribution in [2.24, 2.45) is 0 Å². The molecule has 6 heteroatoms. The molecule has 1 aromatic heterocycles. The summed E-state index contributed by atoms with van der Waals surface area (Å²) in [6, 6.07) is 0. The van der Waals surface area contributed by atoms with Crippen LogP contribution in [0.5, 0.6) is 0 Å². The average Bonchev–Trinajstić information content (AvgIpc) is 2.24. The molecule has 0 unspecified atom stereocenters. The number of alkyl halides is 2. The highest BCUT2D eigenvalue weighted by Gasteiger charge is 2.17. The fraction of sp³-hybridized carbons (Fsp3) is 0.400. The van der Waals surface area contributed by atoms with Crippen LogP contribution in [0.2, 0.25) is 0 Å². The van der Waals surface area contributed by atoms with Gasteiger partial charge in [0, 0.05) is 16.2 Å². The van der Waals surface area contributed by atoms with Crippen molar-refractivity contribution < 1.29 is 18.3 Å². The Morgan fingerprint density at radius 3 is 2.75 bits per heavy atom. The maximum Gasteiger partial charge on any atom is 0.311 e. The van der Waals surface area contributed by atoms with Crippen LogP contribution in [0.3, 0.4) is 0 Å². The first-order valence-electron chi connectivity index (χ1n) is 4.46. The number of ether oxygens (including phenoxy) is 1. The molecule has 88 valence electrons. The molecular formula is C10H10BrF2NO2. The molecule has 0 aliphatic heterocycles. The average molecular weight is 294 g/mol. The number of aromatic nitrogens is 1. The Morgan fingerprint density at radius 1 is 1.62 bits per heavy atom. The third kappa shape index (κ3) is 2.75. The standard InChI is InChI=1S/C10H10BrF2NO2/c1-5-6(10(12)13)4-14-7(9(5)11)3-8(15)16-2/h4,10H,3H2,1-2H3. The highest BCUT2D eigenvalue weighted by molar-refractivity contribution is 9.10. The summed E-state index contributed by atoms with van der Waals surface area (Å²) < 4.78 is 29.9. The van der Waals surface area contributed by atoms with E-state index in [-0.39, 0.29) is 12.0 Å². The summed E-state index contributed by atoms with van der Waals surface area (Å²) in [6.07, 6.45) is -1.53. The van der Waals surface area contributed by atoms with E-state index in [0.717, 1.165) is 6.20 Å². The van der Waals surface area contributed by atoms with Gasteiger partial charge in [-0.05, 0) is 28.4 Å². The minimum absolute atomic E-state index is 0.0402. The van der Waals surface area contributed by atoms with Gasteiger partial charge < -0.3 is 4.74 Å². The smallest absolute Gasteiger partial charge is 0.311 e. The number of nitrogens with zero attached hydrogens (tertiary/aromatic N) is 1. The largest absolute Gasteiger partial charge is 0.469 e. The lowest BCUT2D eigenvalue weighted by Gasteiger charge is -2.09. The molecule has 0 aliphatic carbocycles. The zero-order valence-corrected chi connectivity index (χ0v) is 10.3. The van der Waals surface area contributed by atoms with Gasteiger partial charge in [-0.25, -0.2) is 8.78 Å². The lowest BCUT2D eigenvalue weighted by atomic mass is 10.1. The molecule has 1 rings (SSSR count). The summed E-state index contributed by atoms with van der Waals surface area (Å²) in [4.78, 5) is 14.9. The number of halogens is 3. The van der Waals surface area contributed by atoms with Gasteiger partial charge in [0.25, 0.3) is 6.43 Å². The first-order chi connectivity index (χ1) is 7.47. The lowest BCUT2D eigenvalue weighted by Crippen LogP contribution is -2.08. The number of carbonyl (C=O) groups is 1. The summed E-state index contributed by atoms with van der Waals surface area (Å²) in [5.41, 5.74) is 0.651. The molecule has 0 amide bonds. The second kappa shape index (κ2) is 5.34. The van der Waals surface area contributed by atoms with E-state index in [1.807, 2.05) is 0 Å². The molecule has 0 bridgehead atoms. The third-order valence-corrected chi connectivity index (χ3v) is 3.20. The number of hydrogen-bond donors (Lipinski definition) is 0. The molecule has 1 heterocycles. The monoisotopic (exact) mass is 293 g/mol. The molecule has 16 heavy (non-hydrogen) atoms. The van der Waals surface area contributed by atoms with Gasteiger partial charge in [-0.15, -0.1) is 0 Å². The predicted molar refractivity (Wildman–Crippen MR) is 57.4 cm³/mol. The zero-order chi connectivity index (χ0) is 12.3. The number of carbonyl (C=O) groups excluding carboxylic acids is 1. The van der Waals surface area contributed by atoms with Crippen molar-refractivity contribution >= 4 is 21.9 Å². The summed E-state index contributed by atoms with van der Waals surface area (Å²) >= 11 is 3.15. The minimum atomic E-state index is -2.57. The molecule has 0 radical (unpaired) electrons. The zero-order valence-electron chi connectivity index (χ0n) is 8.76. The molecule has 3 nitrogen and oxygen atoms in total. The Bertz CT molecular complexity index is 410. The topological polar surface area (TPSA) is 39.2 Å². The number of methoxy groups -OCH3 is 1. The van der Waals surface area contributed by atoms with Gasteiger partial charge in [0.1, 0.15) is 0 Å². The van der Waals surface area contributed by atoms with E-state index >= 15 is 0 Å². The molecule has 0 saturated carbocycles. The van der Waals surface area contributed by atoms with E-state index in [2.05, 4.69) is 25.7 Å². The lowest BCUT2D eigenvalue weighted by molar-refractivity contribution is -0.139. The van der Waals surface area contributed by atoms with E-state index in [1.54, 1.807) is 6.92 Å². The van der Waals surface area contributed by atoms with Crippen LogP contribution in [0.25, 0.3) is 0 Å². The van der Waals surface area contributed by atoms with Gasteiger partial charge in [0.2, 0.25) is 0 Å². The van der Waals surface area contributed by atoms with Crippen LogP contribution in [0.1, 0.15) is 23.2 Å². The van der Waals surface area contributed by atoms with E-state index < -0.39 is 12.4 Å². The molecule has 0 fully saturated rings. The van der Waals surface area contributed by atoms with Crippen molar-refractivity contribution in [2.45, 2.75) is 19.8 Å². The van der Waals surface area contributed by atoms with Crippen LogP contribution < -0.4 is 0 Å². The van der Waals surface area contributed by atoms with Crippen LogP contribution in [0.15, 0.2) is 10.7 Å². The maximum absolute atomic E-state index is 12.5. The number of rotatable bonds is 3. The van der Waals surface area contributed by atoms with Crippen molar-refractivity contribution in [3.8, 4) is 0 Å². The molecule has 0 N–H and O–H groups in total. The van der Waals surface area contributed by atoms with Gasteiger partial charge in [-0.1, -0.05) is 0 Å². The van der Waals surface area contributed by atoms with Gasteiger partial charge in [-0.3, -0.25) is 9.78 Å². The molecule has 1 aromatic rings. The SMILES string of the molecule is COC(=O)Cc1ncc(C(F)F)c(C)c1Br. The van der Waals surface area contributed by atoms with Gasteiger partial charge >= 0.3 is 5.97 Å². The highest BCUT2D eigenvalue weighted by Crippen LogP contribution is 2.29. The van der Waals surface area contributed by atoms with Crippen LogP contribution in [-0.2, 0) is 16.0 Å². The molecule has 0 spiro atoms. The van der Waals surface area contributed by atoms with Crippen molar-refractivity contribution in [2.75, 3.05) is 7.11 Å². The Morgan fingerprint density at radius 2 is 2.25 bits per heavy atom. The Labute approximate surface area is 99.9 Å². The predicted octanol–water partition coefficient (Wildman–Crippen LogP) is 2.81. The van der Waals surface area contributed by atoms with Gasteiger partial charge in [-0.2, -0.15) is 0 Å². The van der Waals surface area contributed by atoms with E-state index in [9.17, 15) is 13.6 Å². The van der Waals surface area contributed by atoms with Crippen LogP contribution in [-0.4, -0.2) is 18.1 Å². The van der Waals surface area contributed by atoms with Crippen molar-refractivity contribution in [3.63, 3.8) is 0 Å². The van der Waals surface area contributed by atoms with Crippen LogP contribution >= 0.6 is 15.9 Å². The van der Waals surface area contributed by atoms with E-state index in [0.29, 0.717) is 15.7 Å². The molecular weight excluding hydrogens is 284 g/mol. The van der Waals surface area contributed by atoms with Gasteiger partial charge in [0.05, 0.1) is 19.2 Å². The first kappa shape index (κ1) is 13.0. The summed E-state index contributed by atoms with van der Waals surface area (Å²) in [5.74, 6) is -0.461. The molecule has 0 saturated heterocycles. The minimum Gasteiger partial charge on any atom is -0.469 e. The highest BCUT2D eigenvalue weighted by atomic mass is 79.9. The Kier molecular flexibility index (Phi) is 4.35. The van der Waals surface area contributed by atoms with E-state index in [1.165, 1.54) is 7.11 Å². The second-order valence-corrected chi connectivity index (χ2v) is 3.95. The summed E-state index contributed by atoms with van der Waals surface area (Å²) in [6.45, 7) is 1.55. The van der Waals surface area contributed by atoms with Crippen molar-refractivity contribution in [1.82, 2.24) is 4.98 Å². The maximum atomic E-state index is 12.5. The number of esters is 1. The number of hydrogen-bond acceptors (Lipinski definition) is 3. The Hall–Kier alpha value is -1.04. The summed E-state index contributed by atoms with van der Waals surface area (Å²) in [7, 11) is 1.26. The van der Waals surface area contributed by atoms with E-state index in [4.69, 9.17) is 0 Å². The third-order valence-electron chi connectivity index (χ3n) is 2.15. The van der Waals surface area contributed by atoms with Crippen LogP contribution in [0, 0.1) is 6.92 Å². The van der Waals surface area contributed by atoms with Crippen molar-refractivity contribution in [1.29, 1.82) is 0 Å². The van der Waals surface area contributed by atoms with Gasteiger partial charge in [0.15, 0.2) is 0 Å². The molecule has 0 aromatic carbocycles. The second-order valence-electron chi connectivity index (χ2n) is 3.15. The Balaban J connectivity index is 3.07. The quantitative estimate of drug-likeness (QED) is 0.805. The molecule has 0 aliphatic rings. The van der Waals surface area contributed by atoms with Crippen LogP contribution in [0.4, 0.5) is 8.78 Å². The number of pyridine rings is 1. The summed E-state index contributed by atoms with van der Waals surface area (Å²) in [5, 5.41) is 0. The first-order valence-corrected chi connectivity index (χ1v) is 5.25. The normalized spacial score (nSPS) is 10.6. The fourth-order valence-corrected chi connectivity index (χ4v) is 1.67.